The number of aliphatic hydroxyl groups excluding tert-OH is 1. The first-order chi connectivity index (χ1) is 19.3. The van der Waals surface area contributed by atoms with Crippen LogP contribution in [0.4, 0.5) is 0 Å². The van der Waals surface area contributed by atoms with Gasteiger partial charge in [0.15, 0.2) is 9.84 Å². The van der Waals surface area contributed by atoms with Gasteiger partial charge in [0, 0.05) is 0 Å². The fourth-order valence-corrected chi connectivity index (χ4v) is 13.1. The van der Waals surface area contributed by atoms with Gasteiger partial charge in [0.05, 0.1) is 21.9 Å². The van der Waals surface area contributed by atoms with E-state index in [2.05, 4.69) is 27.7 Å². The van der Waals surface area contributed by atoms with Gasteiger partial charge in [-0.05, 0) is 154 Å². The van der Waals surface area contributed by atoms with E-state index < -0.39 is 20.7 Å². The van der Waals surface area contributed by atoms with Crippen LogP contribution in [0, 0.1) is 45.8 Å². The molecule has 0 spiro atoms. The van der Waals surface area contributed by atoms with Crippen molar-refractivity contribution in [3.63, 3.8) is 0 Å². The Labute approximate surface area is 250 Å². The highest BCUT2D eigenvalue weighted by Crippen LogP contribution is 2.68. The molecule has 0 heterocycles. The number of benzene rings is 1. The summed E-state index contributed by atoms with van der Waals surface area (Å²) in [4.78, 5) is 0.416. The van der Waals surface area contributed by atoms with Crippen molar-refractivity contribution in [2.24, 2.45) is 45.8 Å². The third-order valence-electron chi connectivity index (χ3n) is 14.0. The largest absolute Gasteiger partial charge is 0.393 e. The second-order valence-electron chi connectivity index (χ2n) is 16.7. The van der Waals surface area contributed by atoms with Crippen molar-refractivity contribution in [3.8, 4) is 0 Å². The van der Waals surface area contributed by atoms with Crippen molar-refractivity contribution in [2.75, 3.05) is 0 Å². The third-order valence-corrected chi connectivity index (χ3v) is 16.2. The molecule has 5 aliphatic rings. The van der Waals surface area contributed by atoms with Crippen molar-refractivity contribution in [3.05, 3.63) is 30.3 Å². The zero-order valence-corrected chi connectivity index (χ0v) is 27.0. The maximum absolute atomic E-state index is 14.3. The fourth-order valence-electron chi connectivity index (χ4n) is 11.2. The number of hydrogen-bond acceptors (Lipinski definition) is 4. The molecule has 0 saturated heterocycles. The van der Waals surface area contributed by atoms with E-state index in [4.69, 9.17) is 0 Å². The quantitative estimate of drug-likeness (QED) is 0.356. The normalized spacial score (nSPS) is 42.5. The highest BCUT2D eigenvalue weighted by molar-refractivity contribution is 7.92. The summed E-state index contributed by atoms with van der Waals surface area (Å²) in [5.41, 5.74) is -0.132. The highest BCUT2D eigenvalue weighted by atomic mass is 32.2. The topological polar surface area (TPSA) is 74.6 Å². The minimum absolute atomic E-state index is 0.108. The number of hydrogen-bond donors (Lipinski definition) is 2. The van der Waals surface area contributed by atoms with Gasteiger partial charge in [0.1, 0.15) is 0 Å². The van der Waals surface area contributed by atoms with E-state index >= 15 is 0 Å². The average molecular weight is 585 g/mol. The van der Waals surface area contributed by atoms with Gasteiger partial charge in [-0.25, -0.2) is 8.42 Å². The first-order valence-electron chi connectivity index (χ1n) is 17.0. The van der Waals surface area contributed by atoms with Crippen molar-refractivity contribution >= 4 is 9.84 Å². The molecule has 5 heteroatoms. The molecule has 5 saturated carbocycles. The summed E-state index contributed by atoms with van der Waals surface area (Å²) in [6, 6.07) is 9.05. The van der Waals surface area contributed by atoms with E-state index in [9.17, 15) is 18.6 Å². The Morgan fingerprint density at radius 2 is 1.46 bits per heavy atom. The minimum Gasteiger partial charge on any atom is -0.393 e. The predicted octanol–water partition coefficient (Wildman–Crippen LogP) is 7.96. The van der Waals surface area contributed by atoms with E-state index in [1.807, 2.05) is 18.2 Å². The highest BCUT2D eigenvalue weighted by Gasteiger charge is 2.60. The molecule has 0 aliphatic heterocycles. The van der Waals surface area contributed by atoms with Gasteiger partial charge in [-0.15, -0.1) is 0 Å². The summed E-state index contributed by atoms with van der Waals surface area (Å²) in [6.07, 6.45) is 14.7. The molecule has 2 N–H and O–H groups in total. The zero-order chi connectivity index (χ0) is 29.3. The third kappa shape index (κ3) is 5.37. The molecule has 0 bridgehead atoms. The summed E-state index contributed by atoms with van der Waals surface area (Å²) in [7, 11) is -3.56. The van der Waals surface area contributed by atoms with E-state index in [0.717, 1.165) is 43.9 Å². The molecule has 41 heavy (non-hydrogen) atoms. The lowest BCUT2D eigenvalue weighted by Gasteiger charge is -2.61. The van der Waals surface area contributed by atoms with Gasteiger partial charge in [0.25, 0.3) is 0 Å². The maximum Gasteiger partial charge on any atom is 0.181 e. The molecule has 0 amide bonds. The Morgan fingerprint density at radius 3 is 2.17 bits per heavy atom. The van der Waals surface area contributed by atoms with Gasteiger partial charge >= 0.3 is 0 Å². The van der Waals surface area contributed by atoms with Crippen LogP contribution in [0.5, 0.6) is 0 Å². The van der Waals surface area contributed by atoms with Crippen LogP contribution in [0.3, 0.4) is 0 Å². The number of fused-ring (bicyclic) bond motifs is 5. The SMILES string of the molecule is CC1(C)CCC(O)(CC(CC2CCC3C4CCC5CC(O)CCC5(C)C4CCC23C)S(=O)(=O)c2ccccc2)CC1. The molecule has 1 aromatic carbocycles. The van der Waals surface area contributed by atoms with Crippen LogP contribution in [-0.2, 0) is 9.84 Å². The Balaban J connectivity index is 1.25. The van der Waals surface area contributed by atoms with Gasteiger partial charge in [-0.3, -0.25) is 0 Å². The van der Waals surface area contributed by atoms with Crippen LogP contribution >= 0.6 is 0 Å². The maximum atomic E-state index is 14.3. The lowest BCUT2D eigenvalue weighted by molar-refractivity contribution is -0.127. The molecule has 0 radical (unpaired) electrons. The molecule has 9 unspecified atom stereocenters. The van der Waals surface area contributed by atoms with Crippen LogP contribution in [0.2, 0.25) is 0 Å². The van der Waals surface area contributed by atoms with E-state index in [-0.39, 0.29) is 16.9 Å². The van der Waals surface area contributed by atoms with Crippen LogP contribution in [0.15, 0.2) is 35.2 Å². The second-order valence-corrected chi connectivity index (χ2v) is 18.9. The predicted molar refractivity (Wildman–Crippen MR) is 165 cm³/mol. The first kappa shape index (κ1) is 30.1. The van der Waals surface area contributed by atoms with Gasteiger partial charge in [0.2, 0.25) is 0 Å². The first-order valence-corrected chi connectivity index (χ1v) is 18.5. The molecule has 1 aromatic rings. The molecule has 9 atom stereocenters. The van der Waals surface area contributed by atoms with Crippen molar-refractivity contribution in [1.29, 1.82) is 0 Å². The monoisotopic (exact) mass is 584 g/mol. The van der Waals surface area contributed by atoms with E-state index in [1.54, 1.807) is 12.1 Å². The van der Waals surface area contributed by atoms with Gasteiger partial charge < -0.3 is 10.2 Å². The number of sulfone groups is 1. The molecular weight excluding hydrogens is 528 g/mol. The second kappa shape index (κ2) is 10.6. The smallest absolute Gasteiger partial charge is 0.181 e. The van der Waals surface area contributed by atoms with Crippen molar-refractivity contribution < 1.29 is 18.6 Å². The van der Waals surface area contributed by atoms with Crippen molar-refractivity contribution in [2.45, 2.75) is 146 Å². The standard InChI is InChI=1S/C36H56O4S/c1-33(2)18-20-36(38,21-19-33)24-29(41(39,40)28-8-6-5-7-9-28)23-26-11-13-31-30-12-10-25-22-27(37)14-16-34(25,3)32(30)15-17-35(26,31)4/h5-9,25-27,29-32,37-38H,10-24H2,1-4H3. The Hall–Kier alpha value is -0.910. The number of aliphatic hydroxyl groups is 2. The molecule has 4 nitrogen and oxygen atoms in total. The Bertz CT molecular complexity index is 1180. The molecule has 0 aromatic heterocycles. The molecule has 6 rings (SSSR count). The van der Waals surface area contributed by atoms with Gasteiger partial charge in [-0.2, -0.15) is 0 Å². The summed E-state index contributed by atoms with van der Waals surface area (Å²) < 4.78 is 28.5. The van der Waals surface area contributed by atoms with Gasteiger partial charge in [-0.1, -0.05) is 45.9 Å². The zero-order valence-electron chi connectivity index (χ0n) is 26.2. The Morgan fingerprint density at radius 1 is 0.805 bits per heavy atom. The lowest BCUT2D eigenvalue weighted by Crippen LogP contribution is -2.54. The minimum atomic E-state index is -3.56. The van der Waals surface area contributed by atoms with Crippen LogP contribution in [0.1, 0.15) is 124 Å². The molecule has 5 aliphatic carbocycles. The van der Waals surface area contributed by atoms with Crippen LogP contribution in [0.25, 0.3) is 0 Å². The summed E-state index contributed by atoms with van der Waals surface area (Å²) in [5.74, 6) is 3.22. The lowest BCUT2D eigenvalue weighted by atomic mass is 9.44. The molecule has 5 fully saturated rings. The fraction of sp³-hybridized carbons (Fsp3) is 0.833. The molecular formula is C36H56O4S. The molecule has 230 valence electrons. The average Bonchev–Trinajstić information content (AvgIpc) is 3.27. The summed E-state index contributed by atoms with van der Waals surface area (Å²) >= 11 is 0. The Kier molecular flexibility index (Phi) is 7.80. The van der Waals surface area contributed by atoms with E-state index in [0.29, 0.717) is 53.7 Å². The van der Waals surface area contributed by atoms with Crippen LogP contribution < -0.4 is 0 Å². The number of rotatable bonds is 6. The van der Waals surface area contributed by atoms with Crippen molar-refractivity contribution in [1.82, 2.24) is 0 Å². The summed E-state index contributed by atoms with van der Waals surface area (Å²) in [6.45, 7) is 9.59. The summed E-state index contributed by atoms with van der Waals surface area (Å²) in [5, 5.41) is 21.7. The van der Waals surface area contributed by atoms with E-state index in [1.165, 1.54) is 38.5 Å². The van der Waals surface area contributed by atoms with Crippen LogP contribution in [-0.4, -0.2) is 35.6 Å².